The Balaban J connectivity index is 0.00000120. The molecule has 1 aromatic carbocycles. The normalized spacial score (nSPS) is 22.8. The molecule has 6 rings (SSSR count). The largest absolute Gasteiger partial charge is 0.354 e. The lowest BCUT2D eigenvalue weighted by atomic mass is 10.2. The average Bonchev–Trinajstić information content (AvgIpc) is 3.63. The number of rotatable bonds is 4. The van der Waals surface area contributed by atoms with E-state index >= 15 is 0 Å². The van der Waals surface area contributed by atoms with E-state index in [0.717, 1.165) is 61.4 Å². The summed E-state index contributed by atoms with van der Waals surface area (Å²) >= 11 is 1.82. The molecule has 1 amide bonds. The summed E-state index contributed by atoms with van der Waals surface area (Å²) in [6, 6.07) is 8.43. The molecule has 1 aromatic heterocycles. The highest BCUT2D eigenvalue weighted by atomic mass is 35.5. The van der Waals surface area contributed by atoms with Crippen molar-refractivity contribution in [2.24, 2.45) is 0 Å². The Morgan fingerprint density at radius 3 is 2.44 bits per heavy atom. The molecule has 4 aliphatic heterocycles. The first-order valence-electron chi connectivity index (χ1n) is 11.3. The first-order chi connectivity index (χ1) is 16.1. The number of hydrogen-bond acceptors (Lipinski definition) is 5. The van der Waals surface area contributed by atoms with Gasteiger partial charge in [0.2, 0.25) is 0 Å². The predicted octanol–water partition coefficient (Wildman–Crippen LogP) is 4.01. The maximum Gasteiger partial charge on any atom is 0.256 e. The van der Waals surface area contributed by atoms with E-state index in [4.69, 9.17) is 0 Å². The first kappa shape index (κ1) is 28.6. The van der Waals surface area contributed by atoms with Crippen LogP contribution in [0, 0.1) is 5.82 Å². The number of quaternary nitrogens is 1. The molecule has 0 N–H and O–H groups in total. The number of fused-ring (bicyclic) bond motifs is 1. The third kappa shape index (κ3) is 4.92. The summed E-state index contributed by atoms with van der Waals surface area (Å²) in [6.45, 7) is 4.96. The summed E-state index contributed by atoms with van der Waals surface area (Å²) in [6.07, 6.45) is 10.3. The van der Waals surface area contributed by atoms with Crippen molar-refractivity contribution in [2.75, 3.05) is 55.8 Å². The predicted molar refractivity (Wildman–Crippen MR) is 149 cm³/mol. The lowest BCUT2D eigenvalue weighted by Gasteiger charge is -2.44. The summed E-state index contributed by atoms with van der Waals surface area (Å²) in [5.74, 6) is 2.76. The number of nitrogens with zero attached hydrogens (tertiary/aromatic N) is 6. The second kappa shape index (κ2) is 11.6. The monoisotopic (exact) mass is 573 g/mol. The fourth-order valence-electron chi connectivity index (χ4n) is 5.15. The Kier molecular flexibility index (Phi) is 9.19. The van der Waals surface area contributed by atoms with Crippen LogP contribution in [0.25, 0.3) is 5.69 Å². The van der Waals surface area contributed by atoms with Crippen LogP contribution in [0.15, 0.2) is 72.2 Å². The third-order valence-corrected chi connectivity index (χ3v) is 7.84. The van der Waals surface area contributed by atoms with Gasteiger partial charge in [-0.2, -0.15) is 9.69 Å². The Hall–Kier alpha value is -2.01. The molecule has 0 spiro atoms. The van der Waals surface area contributed by atoms with Crippen LogP contribution in [-0.2, 0) is 4.79 Å². The first-order valence-corrected chi connectivity index (χ1v) is 12.5. The summed E-state index contributed by atoms with van der Waals surface area (Å²) in [7, 11) is 0. The number of carbonyl (C=O) groups is 1. The highest BCUT2D eigenvalue weighted by Crippen LogP contribution is 2.38. The van der Waals surface area contributed by atoms with Gasteiger partial charge in [-0.1, -0.05) is 0 Å². The van der Waals surface area contributed by atoms with Crippen LogP contribution in [0.2, 0.25) is 0 Å². The Labute approximate surface area is 233 Å². The van der Waals surface area contributed by atoms with Crippen LogP contribution in [0.3, 0.4) is 0 Å². The van der Waals surface area contributed by atoms with Crippen LogP contribution in [0.1, 0.15) is 0 Å². The van der Waals surface area contributed by atoms with Gasteiger partial charge in [-0.3, -0.25) is 4.79 Å². The molecule has 36 heavy (non-hydrogen) atoms. The number of hydrogen-bond donors (Lipinski definition) is 0. The van der Waals surface area contributed by atoms with Crippen LogP contribution in [-0.4, -0.2) is 81.1 Å². The van der Waals surface area contributed by atoms with E-state index in [2.05, 4.69) is 39.4 Å². The van der Waals surface area contributed by atoms with E-state index in [0.29, 0.717) is 11.1 Å². The Bertz CT molecular complexity index is 1170. The molecule has 2 fully saturated rings. The van der Waals surface area contributed by atoms with Crippen LogP contribution < -0.4 is 4.90 Å². The average molecular weight is 575 g/mol. The van der Waals surface area contributed by atoms with Crippen molar-refractivity contribution in [3.63, 3.8) is 0 Å². The van der Waals surface area contributed by atoms with Gasteiger partial charge in [0.05, 0.1) is 36.4 Å². The number of halogens is 4. The molecular formula is C24H29Cl3FN6OS+. The molecule has 0 radical (unpaired) electrons. The summed E-state index contributed by atoms with van der Waals surface area (Å²) < 4.78 is 15.8. The van der Waals surface area contributed by atoms with E-state index < -0.39 is 0 Å². The number of allylic oxidation sites excluding steroid dienone is 3. The number of amides is 1. The quantitative estimate of drug-likeness (QED) is 0.517. The Morgan fingerprint density at radius 1 is 1.00 bits per heavy atom. The van der Waals surface area contributed by atoms with Gasteiger partial charge < -0.3 is 9.80 Å². The van der Waals surface area contributed by atoms with Crippen molar-refractivity contribution in [3.05, 3.63) is 78.0 Å². The number of aromatic nitrogens is 2. The number of carbonyl (C=O) groups excluding carboxylic acids is 1. The molecular weight excluding hydrogens is 546 g/mol. The fourth-order valence-corrected chi connectivity index (χ4v) is 6.10. The van der Waals surface area contributed by atoms with Gasteiger partial charge in [0.15, 0.2) is 5.70 Å². The summed E-state index contributed by atoms with van der Waals surface area (Å²) in [4.78, 5) is 17.3. The van der Waals surface area contributed by atoms with E-state index in [1.807, 2.05) is 27.4 Å². The SMILES string of the molecule is Cl.Cl.Cl.O=C(C1=CC2=CC=C[N@@+]2(N2CCN(c3ccnn3-c3ccc(F)cc3)CC2)C1)N1CCSC1. The van der Waals surface area contributed by atoms with Crippen molar-refractivity contribution in [2.45, 2.75) is 0 Å². The van der Waals surface area contributed by atoms with E-state index in [1.165, 1.54) is 17.8 Å². The highest BCUT2D eigenvalue weighted by molar-refractivity contribution is 7.99. The molecule has 0 bridgehead atoms. The lowest BCUT2D eigenvalue weighted by Crippen LogP contribution is -2.60. The van der Waals surface area contributed by atoms with E-state index in [9.17, 15) is 9.18 Å². The molecule has 2 aromatic rings. The molecule has 7 nitrogen and oxygen atoms in total. The molecule has 4 aliphatic rings. The summed E-state index contributed by atoms with van der Waals surface area (Å²) in [5.41, 5.74) is 2.93. The van der Waals surface area contributed by atoms with Crippen LogP contribution in [0.5, 0.6) is 0 Å². The van der Waals surface area contributed by atoms with Gasteiger partial charge >= 0.3 is 0 Å². The van der Waals surface area contributed by atoms with Gasteiger partial charge in [-0.15, -0.1) is 54.0 Å². The van der Waals surface area contributed by atoms with Crippen molar-refractivity contribution in [3.8, 4) is 5.69 Å². The molecule has 2 saturated heterocycles. The maximum absolute atomic E-state index is 13.4. The van der Waals surface area contributed by atoms with Gasteiger partial charge in [0, 0.05) is 43.6 Å². The third-order valence-electron chi connectivity index (χ3n) is 6.87. The van der Waals surface area contributed by atoms with Crippen molar-refractivity contribution in [1.82, 2.24) is 19.7 Å². The van der Waals surface area contributed by atoms with Crippen molar-refractivity contribution in [1.29, 1.82) is 0 Å². The second-order valence-corrected chi connectivity index (χ2v) is 9.79. The number of thioether (sulfide) groups is 1. The summed E-state index contributed by atoms with van der Waals surface area (Å²) in [5, 5.41) is 6.93. The molecule has 5 heterocycles. The smallest absolute Gasteiger partial charge is 0.256 e. The second-order valence-electron chi connectivity index (χ2n) is 8.71. The zero-order valence-electron chi connectivity index (χ0n) is 19.5. The molecule has 12 heteroatoms. The van der Waals surface area contributed by atoms with Crippen molar-refractivity contribution < 1.29 is 13.8 Å². The molecule has 1 atom stereocenters. The number of benzene rings is 1. The van der Waals surface area contributed by atoms with Crippen molar-refractivity contribution >= 4 is 60.7 Å². The van der Waals surface area contributed by atoms with Gasteiger partial charge in [0.1, 0.15) is 24.4 Å². The van der Waals surface area contributed by atoms with Gasteiger partial charge in [0.25, 0.3) is 5.91 Å². The van der Waals surface area contributed by atoms with E-state index in [-0.39, 0.29) is 48.9 Å². The van der Waals surface area contributed by atoms with E-state index in [1.54, 1.807) is 18.3 Å². The maximum atomic E-state index is 13.4. The Morgan fingerprint density at radius 2 is 1.75 bits per heavy atom. The molecule has 0 saturated carbocycles. The minimum Gasteiger partial charge on any atom is -0.354 e. The zero-order chi connectivity index (χ0) is 22.4. The molecule has 0 unspecified atom stereocenters. The minimum absolute atomic E-state index is 0. The van der Waals surface area contributed by atoms with Crippen LogP contribution in [0.4, 0.5) is 10.2 Å². The standard InChI is InChI=1S/C24H26FN6OS.3ClH/c25-20-3-5-21(6-4-20)30-23(7-8-26-30)27-9-11-29(12-10-27)31-14-1-2-22(31)16-19(17-31)24(32)28-13-15-33-18-28;;;/h1-8,14,16H,9-13,15,17-18H2;3*1H/q+1;;;/t31-;;;/m1.../s1. The minimum atomic E-state index is -0.252. The fraction of sp³-hybridized carbons (Fsp3) is 0.333. The zero-order valence-corrected chi connectivity index (χ0v) is 22.8. The van der Waals surface area contributed by atoms with Crippen LogP contribution >= 0.6 is 49.0 Å². The highest BCUT2D eigenvalue weighted by Gasteiger charge is 2.48. The molecule has 194 valence electrons. The number of piperazine rings is 1. The molecule has 0 aliphatic carbocycles. The lowest BCUT2D eigenvalue weighted by molar-refractivity contribution is -0.948. The van der Waals surface area contributed by atoms with Gasteiger partial charge in [-0.05, 0) is 30.3 Å². The number of anilines is 1. The van der Waals surface area contributed by atoms with Gasteiger partial charge in [-0.25, -0.2) is 9.07 Å². The topological polar surface area (TPSA) is 44.6 Å².